The number of unbranched alkanes of at least 4 members (excludes halogenated alkanes) is 1. The Bertz CT molecular complexity index is 320. The van der Waals surface area contributed by atoms with Gasteiger partial charge in [0, 0.05) is 6.54 Å². The first kappa shape index (κ1) is 17.2. The average molecular weight is 273 g/mol. The summed E-state index contributed by atoms with van der Waals surface area (Å²) in [7, 11) is 0. The lowest BCUT2D eigenvalue weighted by molar-refractivity contribution is -0.139. The predicted octanol–water partition coefficient (Wildman–Crippen LogP) is 0.454. The number of nitrogens with one attached hydrogen (secondary N) is 3. The Morgan fingerprint density at radius 3 is 2.26 bits per heavy atom. The molecule has 2 unspecified atom stereocenters. The molecule has 0 aromatic heterocycles. The fraction of sp³-hybridized carbons (Fsp3) is 0.750. The maximum absolute atomic E-state index is 11.6. The van der Waals surface area contributed by atoms with Crippen LogP contribution in [0.25, 0.3) is 0 Å². The van der Waals surface area contributed by atoms with E-state index in [0.29, 0.717) is 19.4 Å². The fourth-order valence-corrected chi connectivity index (χ4v) is 1.46. The minimum Gasteiger partial charge on any atom is -0.480 e. The molecule has 0 aliphatic carbocycles. The van der Waals surface area contributed by atoms with Gasteiger partial charge in [0.2, 0.25) is 5.91 Å². The Kier molecular flexibility index (Phi) is 8.32. The summed E-state index contributed by atoms with van der Waals surface area (Å²) in [6, 6.07) is -2.29. The number of carbonyl (C=O) groups excluding carboxylic acids is 2. The van der Waals surface area contributed by atoms with Gasteiger partial charge in [0.05, 0.1) is 0 Å². The lowest BCUT2D eigenvalue weighted by Crippen LogP contribution is -2.52. The third kappa shape index (κ3) is 7.28. The van der Waals surface area contributed by atoms with E-state index in [9.17, 15) is 14.4 Å². The molecule has 0 rings (SSSR count). The Morgan fingerprint density at radius 1 is 1.16 bits per heavy atom. The number of hydrogen-bond donors (Lipinski definition) is 4. The number of amides is 3. The molecule has 0 saturated carbocycles. The van der Waals surface area contributed by atoms with E-state index in [1.807, 2.05) is 6.92 Å². The van der Waals surface area contributed by atoms with Gasteiger partial charge in [-0.1, -0.05) is 19.8 Å². The molecule has 0 bridgehead atoms. The standard InChI is InChI=1S/C12H23N3O4/c1-4-6-7-9(11(17)18)15-12(19)14-8(3)10(16)13-5-2/h8-9H,4-7H2,1-3H3,(H,13,16)(H,17,18)(H2,14,15,19). The number of urea groups is 1. The second-order valence-electron chi connectivity index (χ2n) is 4.27. The monoisotopic (exact) mass is 273 g/mol. The largest absolute Gasteiger partial charge is 0.480 e. The predicted molar refractivity (Wildman–Crippen MR) is 70.8 cm³/mol. The van der Waals surface area contributed by atoms with Gasteiger partial charge in [-0.2, -0.15) is 0 Å². The molecular formula is C12H23N3O4. The fourth-order valence-electron chi connectivity index (χ4n) is 1.46. The number of rotatable bonds is 8. The van der Waals surface area contributed by atoms with Crippen LogP contribution in [0.2, 0.25) is 0 Å². The Labute approximate surface area is 113 Å². The van der Waals surface area contributed by atoms with E-state index in [2.05, 4.69) is 16.0 Å². The highest BCUT2D eigenvalue weighted by atomic mass is 16.4. The molecular weight excluding hydrogens is 250 g/mol. The minimum absolute atomic E-state index is 0.307. The average Bonchev–Trinajstić information content (AvgIpc) is 2.34. The van der Waals surface area contributed by atoms with Crippen LogP contribution in [0.15, 0.2) is 0 Å². The topological polar surface area (TPSA) is 108 Å². The van der Waals surface area contributed by atoms with Crippen LogP contribution in [0.5, 0.6) is 0 Å². The zero-order chi connectivity index (χ0) is 14.8. The highest BCUT2D eigenvalue weighted by Gasteiger charge is 2.21. The molecule has 0 fully saturated rings. The van der Waals surface area contributed by atoms with Crippen molar-refractivity contribution in [3.8, 4) is 0 Å². The van der Waals surface area contributed by atoms with Gasteiger partial charge in [-0.05, 0) is 20.3 Å². The highest BCUT2D eigenvalue weighted by Crippen LogP contribution is 2.00. The molecule has 0 aliphatic rings. The van der Waals surface area contributed by atoms with E-state index in [1.165, 1.54) is 6.92 Å². The molecule has 0 aromatic rings. The first-order valence-corrected chi connectivity index (χ1v) is 6.49. The number of aliphatic carboxylic acids is 1. The number of carbonyl (C=O) groups is 3. The minimum atomic E-state index is -1.07. The van der Waals surface area contributed by atoms with E-state index in [-0.39, 0.29) is 5.91 Å². The first-order chi connectivity index (χ1) is 8.92. The molecule has 7 heteroatoms. The van der Waals surface area contributed by atoms with Gasteiger partial charge in [0.1, 0.15) is 12.1 Å². The number of carboxylic acids is 1. The summed E-state index contributed by atoms with van der Waals surface area (Å²) < 4.78 is 0. The van der Waals surface area contributed by atoms with Crippen molar-refractivity contribution in [2.45, 2.75) is 52.1 Å². The van der Waals surface area contributed by atoms with Crippen LogP contribution >= 0.6 is 0 Å². The van der Waals surface area contributed by atoms with Crippen LogP contribution < -0.4 is 16.0 Å². The van der Waals surface area contributed by atoms with Crippen LogP contribution in [0.4, 0.5) is 4.79 Å². The second kappa shape index (κ2) is 9.18. The summed E-state index contributed by atoms with van der Waals surface area (Å²) in [6.45, 7) is 5.72. The zero-order valence-corrected chi connectivity index (χ0v) is 11.7. The smallest absolute Gasteiger partial charge is 0.326 e. The van der Waals surface area contributed by atoms with Crippen molar-refractivity contribution in [3.05, 3.63) is 0 Å². The number of carboxylic acid groups (broad SMARTS) is 1. The van der Waals surface area contributed by atoms with Crippen LogP contribution in [0.3, 0.4) is 0 Å². The van der Waals surface area contributed by atoms with Crippen molar-refractivity contribution in [1.29, 1.82) is 0 Å². The number of likely N-dealkylation sites (N-methyl/N-ethyl adjacent to an activating group) is 1. The van der Waals surface area contributed by atoms with Crippen LogP contribution in [-0.2, 0) is 9.59 Å². The molecule has 2 atom stereocenters. The van der Waals surface area contributed by atoms with Gasteiger partial charge in [0.15, 0.2) is 0 Å². The van der Waals surface area contributed by atoms with Gasteiger partial charge >= 0.3 is 12.0 Å². The van der Waals surface area contributed by atoms with E-state index in [4.69, 9.17) is 5.11 Å². The van der Waals surface area contributed by atoms with Gasteiger partial charge in [-0.25, -0.2) is 9.59 Å². The zero-order valence-electron chi connectivity index (χ0n) is 11.7. The summed E-state index contributed by atoms with van der Waals surface area (Å²) in [5.41, 5.74) is 0. The Morgan fingerprint density at radius 2 is 1.79 bits per heavy atom. The highest BCUT2D eigenvalue weighted by molar-refractivity contribution is 5.88. The van der Waals surface area contributed by atoms with Crippen molar-refractivity contribution in [2.75, 3.05) is 6.54 Å². The lowest BCUT2D eigenvalue weighted by atomic mass is 10.1. The molecule has 0 heterocycles. The van der Waals surface area contributed by atoms with Crippen LogP contribution in [-0.4, -0.2) is 41.6 Å². The molecule has 0 spiro atoms. The van der Waals surface area contributed by atoms with Crippen molar-refractivity contribution in [1.82, 2.24) is 16.0 Å². The van der Waals surface area contributed by atoms with Crippen molar-refractivity contribution in [2.24, 2.45) is 0 Å². The number of hydrogen-bond acceptors (Lipinski definition) is 3. The lowest BCUT2D eigenvalue weighted by Gasteiger charge is -2.17. The molecule has 0 aromatic carbocycles. The van der Waals surface area contributed by atoms with E-state index >= 15 is 0 Å². The summed E-state index contributed by atoms with van der Waals surface area (Å²) >= 11 is 0. The van der Waals surface area contributed by atoms with Crippen LogP contribution in [0.1, 0.15) is 40.0 Å². The molecule has 0 saturated heterocycles. The third-order valence-electron chi connectivity index (χ3n) is 2.54. The summed E-state index contributed by atoms with van der Waals surface area (Å²) in [6.07, 6.45) is 1.93. The summed E-state index contributed by atoms with van der Waals surface area (Å²) in [5.74, 6) is -1.38. The summed E-state index contributed by atoms with van der Waals surface area (Å²) in [5, 5.41) is 16.3. The SMILES string of the molecule is CCCCC(NC(=O)NC(C)C(=O)NCC)C(=O)O. The molecule has 3 amide bonds. The van der Waals surface area contributed by atoms with Gasteiger partial charge in [-0.3, -0.25) is 4.79 Å². The molecule has 0 aliphatic heterocycles. The molecule has 110 valence electrons. The normalized spacial score (nSPS) is 13.2. The van der Waals surface area contributed by atoms with Crippen molar-refractivity contribution < 1.29 is 19.5 Å². The van der Waals surface area contributed by atoms with E-state index < -0.39 is 24.1 Å². The summed E-state index contributed by atoms with van der Waals surface area (Å²) in [4.78, 5) is 33.9. The molecule has 7 nitrogen and oxygen atoms in total. The molecule has 4 N–H and O–H groups in total. The third-order valence-corrected chi connectivity index (χ3v) is 2.54. The molecule has 0 radical (unpaired) electrons. The van der Waals surface area contributed by atoms with Crippen LogP contribution in [0, 0.1) is 0 Å². The van der Waals surface area contributed by atoms with Gasteiger partial charge in [-0.15, -0.1) is 0 Å². The second-order valence-corrected chi connectivity index (χ2v) is 4.27. The van der Waals surface area contributed by atoms with E-state index in [1.54, 1.807) is 6.92 Å². The Balaban J connectivity index is 4.25. The van der Waals surface area contributed by atoms with Crippen molar-refractivity contribution >= 4 is 17.9 Å². The van der Waals surface area contributed by atoms with Gasteiger partial charge in [0.25, 0.3) is 0 Å². The van der Waals surface area contributed by atoms with Gasteiger partial charge < -0.3 is 21.1 Å². The Hall–Kier alpha value is -1.79. The van der Waals surface area contributed by atoms with E-state index in [0.717, 1.165) is 6.42 Å². The quantitative estimate of drug-likeness (QED) is 0.515. The van der Waals surface area contributed by atoms with Crippen molar-refractivity contribution in [3.63, 3.8) is 0 Å². The maximum Gasteiger partial charge on any atom is 0.326 e. The first-order valence-electron chi connectivity index (χ1n) is 6.49. The molecule has 19 heavy (non-hydrogen) atoms. The maximum atomic E-state index is 11.6.